The van der Waals surface area contributed by atoms with Gasteiger partial charge >= 0.3 is 0 Å². The molecule has 194 valence electrons. The molecule has 0 saturated heterocycles. The average Bonchev–Trinajstić information content (AvgIpc) is 3.80. The standard InChI is InChI=1S/C35H28N4O/c36-34(40)29-17-10-18-31-32(29)33(25-21-22-37-30(23-25)24-19-20-24)38-39(31)35(26-11-4-1-5-12-26,27-13-6-2-7-14-27)28-15-8-3-9-16-28/h1-18,21-24H,19-20H2,(H2,36,40). The quantitative estimate of drug-likeness (QED) is 0.232. The van der Waals surface area contributed by atoms with Gasteiger partial charge in [-0.15, -0.1) is 0 Å². The summed E-state index contributed by atoms with van der Waals surface area (Å²) in [5, 5.41) is 6.15. The summed E-state index contributed by atoms with van der Waals surface area (Å²) in [6, 6.07) is 41.1. The molecule has 1 aliphatic rings. The van der Waals surface area contributed by atoms with E-state index in [4.69, 9.17) is 10.8 Å². The van der Waals surface area contributed by atoms with Gasteiger partial charge in [0.15, 0.2) is 0 Å². The molecule has 0 radical (unpaired) electrons. The first kappa shape index (κ1) is 24.0. The van der Waals surface area contributed by atoms with Crippen LogP contribution in [0.5, 0.6) is 0 Å². The lowest BCUT2D eigenvalue weighted by atomic mass is 9.77. The zero-order valence-corrected chi connectivity index (χ0v) is 21.9. The first-order valence-corrected chi connectivity index (χ1v) is 13.6. The topological polar surface area (TPSA) is 73.8 Å². The van der Waals surface area contributed by atoms with Gasteiger partial charge in [-0.3, -0.25) is 9.78 Å². The van der Waals surface area contributed by atoms with Gasteiger partial charge in [0, 0.05) is 28.8 Å². The van der Waals surface area contributed by atoms with Crippen molar-refractivity contribution < 1.29 is 4.79 Å². The van der Waals surface area contributed by atoms with Crippen LogP contribution in [0.25, 0.3) is 22.2 Å². The molecular weight excluding hydrogens is 492 g/mol. The number of aromatic nitrogens is 3. The highest BCUT2D eigenvalue weighted by molar-refractivity contribution is 6.10. The number of carbonyl (C=O) groups excluding carboxylic acids is 1. The molecule has 40 heavy (non-hydrogen) atoms. The molecule has 4 aromatic carbocycles. The minimum absolute atomic E-state index is 0.451. The van der Waals surface area contributed by atoms with Crippen LogP contribution >= 0.6 is 0 Å². The van der Waals surface area contributed by atoms with Crippen molar-refractivity contribution >= 4 is 16.8 Å². The van der Waals surface area contributed by atoms with Crippen molar-refractivity contribution in [3.63, 3.8) is 0 Å². The second kappa shape index (κ2) is 9.62. The summed E-state index contributed by atoms with van der Waals surface area (Å²) in [6.07, 6.45) is 4.15. The van der Waals surface area contributed by atoms with Crippen molar-refractivity contribution in [3.05, 3.63) is 155 Å². The third kappa shape index (κ3) is 3.82. The summed E-state index contributed by atoms with van der Waals surface area (Å²) in [5.74, 6) is 0.00793. The monoisotopic (exact) mass is 520 g/mol. The molecule has 2 heterocycles. The Morgan fingerprint density at radius 3 is 1.85 bits per heavy atom. The Morgan fingerprint density at radius 1 is 0.750 bits per heavy atom. The molecule has 0 atom stereocenters. The van der Waals surface area contributed by atoms with Crippen molar-refractivity contribution in [1.82, 2.24) is 14.8 Å². The lowest BCUT2D eigenvalue weighted by molar-refractivity contribution is 0.100. The number of fused-ring (bicyclic) bond motifs is 1. The van der Waals surface area contributed by atoms with E-state index in [1.54, 1.807) is 6.07 Å². The SMILES string of the molecule is NC(=O)c1cccc2c1c(-c1ccnc(C3CC3)c1)nn2C(c1ccccc1)(c1ccccc1)c1ccccc1. The van der Waals surface area contributed by atoms with Crippen LogP contribution in [0.4, 0.5) is 0 Å². The van der Waals surface area contributed by atoms with Gasteiger partial charge in [-0.2, -0.15) is 5.10 Å². The molecule has 2 N–H and O–H groups in total. The number of nitrogens with two attached hydrogens (primary N) is 1. The maximum atomic E-state index is 12.8. The van der Waals surface area contributed by atoms with Gasteiger partial charge in [0.2, 0.25) is 5.91 Å². The van der Waals surface area contributed by atoms with Crippen LogP contribution in [0.2, 0.25) is 0 Å². The molecular formula is C35H28N4O. The van der Waals surface area contributed by atoms with Crippen LogP contribution in [-0.4, -0.2) is 20.7 Å². The number of primary amides is 1. The Bertz CT molecular complexity index is 1730. The molecule has 2 aromatic heterocycles. The molecule has 5 heteroatoms. The van der Waals surface area contributed by atoms with E-state index in [0.717, 1.165) is 57.4 Å². The normalized spacial score (nSPS) is 13.4. The molecule has 0 aliphatic heterocycles. The van der Waals surface area contributed by atoms with E-state index in [0.29, 0.717) is 11.5 Å². The van der Waals surface area contributed by atoms with Crippen LogP contribution in [0.15, 0.2) is 128 Å². The minimum Gasteiger partial charge on any atom is -0.366 e. The number of hydrogen-bond acceptors (Lipinski definition) is 3. The second-order valence-corrected chi connectivity index (χ2v) is 10.4. The van der Waals surface area contributed by atoms with Gasteiger partial charge in [-0.1, -0.05) is 97.1 Å². The number of hydrogen-bond donors (Lipinski definition) is 1. The van der Waals surface area contributed by atoms with E-state index in [1.165, 1.54) is 0 Å². The summed E-state index contributed by atoms with van der Waals surface area (Å²) in [7, 11) is 0. The molecule has 6 aromatic rings. The third-order valence-corrected chi connectivity index (χ3v) is 7.92. The number of pyridine rings is 1. The van der Waals surface area contributed by atoms with E-state index in [9.17, 15) is 4.79 Å². The van der Waals surface area contributed by atoms with Crippen LogP contribution in [-0.2, 0) is 5.54 Å². The zero-order chi connectivity index (χ0) is 27.1. The fourth-order valence-corrected chi connectivity index (χ4v) is 5.94. The summed E-state index contributed by atoms with van der Waals surface area (Å²) >= 11 is 0. The number of nitrogens with zero attached hydrogens (tertiary/aromatic N) is 3. The van der Waals surface area contributed by atoms with E-state index in [-0.39, 0.29) is 0 Å². The van der Waals surface area contributed by atoms with Crippen molar-refractivity contribution in [2.75, 3.05) is 0 Å². The number of amides is 1. The maximum Gasteiger partial charge on any atom is 0.249 e. The molecule has 5 nitrogen and oxygen atoms in total. The molecule has 1 amide bonds. The zero-order valence-electron chi connectivity index (χ0n) is 21.9. The van der Waals surface area contributed by atoms with Crippen LogP contribution < -0.4 is 5.73 Å². The van der Waals surface area contributed by atoms with E-state index >= 15 is 0 Å². The summed E-state index contributed by atoms with van der Waals surface area (Å²) in [4.78, 5) is 17.5. The van der Waals surface area contributed by atoms with Crippen molar-refractivity contribution in [3.8, 4) is 11.3 Å². The van der Waals surface area contributed by atoms with Gasteiger partial charge in [-0.05, 0) is 53.8 Å². The lowest BCUT2D eigenvalue weighted by Crippen LogP contribution is -2.38. The highest BCUT2D eigenvalue weighted by Gasteiger charge is 2.41. The highest BCUT2D eigenvalue weighted by atomic mass is 16.1. The third-order valence-electron chi connectivity index (χ3n) is 7.92. The maximum absolute atomic E-state index is 12.8. The molecule has 1 fully saturated rings. The molecule has 7 rings (SSSR count). The van der Waals surface area contributed by atoms with E-state index < -0.39 is 11.4 Å². The van der Waals surface area contributed by atoms with Crippen molar-refractivity contribution in [1.29, 1.82) is 0 Å². The molecule has 1 saturated carbocycles. The Labute approximate surface area is 232 Å². The molecule has 0 spiro atoms. The Balaban J connectivity index is 1.64. The smallest absolute Gasteiger partial charge is 0.249 e. The number of carbonyl (C=O) groups is 1. The van der Waals surface area contributed by atoms with Crippen molar-refractivity contribution in [2.45, 2.75) is 24.3 Å². The van der Waals surface area contributed by atoms with Gasteiger partial charge in [0.1, 0.15) is 11.2 Å². The fraction of sp³-hybridized carbons (Fsp3) is 0.114. The first-order valence-electron chi connectivity index (χ1n) is 13.6. The predicted octanol–water partition coefficient (Wildman–Crippen LogP) is 6.91. The Morgan fingerprint density at radius 2 is 1.32 bits per heavy atom. The van der Waals surface area contributed by atoms with E-state index in [2.05, 4.69) is 88.5 Å². The van der Waals surface area contributed by atoms with Gasteiger partial charge in [0.25, 0.3) is 0 Å². The molecule has 0 bridgehead atoms. The highest BCUT2D eigenvalue weighted by Crippen LogP contribution is 2.45. The van der Waals surface area contributed by atoms with E-state index in [1.807, 2.05) is 42.6 Å². The molecule has 1 aliphatic carbocycles. The van der Waals surface area contributed by atoms with Crippen LogP contribution in [0.3, 0.4) is 0 Å². The van der Waals surface area contributed by atoms with Gasteiger partial charge < -0.3 is 5.73 Å². The summed E-state index contributed by atoms with van der Waals surface area (Å²) in [6.45, 7) is 0. The lowest BCUT2D eigenvalue weighted by Gasteiger charge is -2.37. The van der Waals surface area contributed by atoms with Gasteiger partial charge in [0.05, 0.1) is 11.1 Å². The van der Waals surface area contributed by atoms with Crippen molar-refractivity contribution in [2.24, 2.45) is 5.73 Å². The second-order valence-electron chi connectivity index (χ2n) is 10.4. The number of rotatable bonds is 7. The minimum atomic E-state index is -0.830. The predicted molar refractivity (Wildman–Crippen MR) is 158 cm³/mol. The fourth-order valence-electron chi connectivity index (χ4n) is 5.94. The largest absolute Gasteiger partial charge is 0.366 e. The molecule has 0 unspecified atom stereocenters. The summed E-state index contributed by atoms with van der Waals surface area (Å²) < 4.78 is 2.08. The average molecular weight is 521 g/mol. The van der Waals surface area contributed by atoms with Gasteiger partial charge in [-0.25, -0.2) is 4.68 Å². The van der Waals surface area contributed by atoms with Crippen LogP contribution in [0.1, 0.15) is 51.5 Å². The Kier molecular flexibility index (Phi) is 5.78. The van der Waals surface area contributed by atoms with Crippen LogP contribution in [0, 0.1) is 0 Å². The Hall–Kier alpha value is -5.03. The summed E-state index contributed by atoms with van der Waals surface area (Å²) in [5.41, 5.74) is 12.3. The first-order chi connectivity index (χ1) is 19.7. The number of benzene rings is 4.